The molecule has 0 bridgehead atoms. The highest BCUT2D eigenvalue weighted by molar-refractivity contribution is 5.75. The summed E-state index contributed by atoms with van der Waals surface area (Å²) in [6.45, 7) is 2.31. The summed E-state index contributed by atoms with van der Waals surface area (Å²) in [5.41, 5.74) is 1.78. The van der Waals surface area contributed by atoms with E-state index in [4.69, 9.17) is 13.6 Å². The maximum Gasteiger partial charge on any atom is 0.226 e. The summed E-state index contributed by atoms with van der Waals surface area (Å²) < 4.78 is 16.1. The van der Waals surface area contributed by atoms with Crippen LogP contribution in [0.25, 0.3) is 11.5 Å². The van der Waals surface area contributed by atoms with Crippen LogP contribution in [0.1, 0.15) is 30.1 Å². The SMILES string of the molecule is COc1ccc(-c2nc(CCCC(=O)NCc3ccco3)c(C)o2)cc1. The molecule has 0 aliphatic heterocycles. The van der Waals surface area contributed by atoms with Gasteiger partial charge in [-0.25, -0.2) is 4.98 Å². The maximum absolute atomic E-state index is 11.9. The number of rotatable bonds is 8. The lowest BCUT2D eigenvalue weighted by Crippen LogP contribution is -2.22. The highest BCUT2D eigenvalue weighted by Crippen LogP contribution is 2.24. The van der Waals surface area contributed by atoms with Gasteiger partial charge in [-0.2, -0.15) is 0 Å². The molecule has 26 heavy (non-hydrogen) atoms. The zero-order valence-electron chi connectivity index (χ0n) is 15.0. The molecule has 3 rings (SSSR count). The van der Waals surface area contributed by atoms with E-state index >= 15 is 0 Å². The van der Waals surface area contributed by atoms with Gasteiger partial charge in [0, 0.05) is 12.0 Å². The lowest BCUT2D eigenvalue weighted by Gasteiger charge is -2.02. The molecule has 6 heteroatoms. The van der Waals surface area contributed by atoms with E-state index in [9.17, 15) is 4.79 Å². The molecule has 0 saturated heterocycles. The van der Waals surface area contributed by atoms with E-state index in [0.717, 1.165) is 28.5 Å². The molecule has 2 heterocycles. The first kappa shape index (κ1) is 17.8. The Morgan fingerprint density at radius 2 is 2.04 bits per heavy atom. The molecule has 0 unspecified atom stereocenters. The maximum atomic E-state index is 11.9. The van der Waals surface area contributed by atoms with Crippen LogP contribution >= 0.6 is 0 Å². The molecule has 3 aromatic rings. The van der Waals surface area contributed by atoms with Crippen molar-refractivity contribution in [3.05, 3.63) is 59.9 Å². The summed E-state index contributed by atoms with van der Waals surface area (Å²) >= 11 is 0. The van der Waals surface area contributed by atoms with Gasteiger partial charge < -0.3 is 18.9 Å². The van der Waals surface area contributed by atoms with Crippen molar-refractivity contribution in [2.45, 2.75) is 32.7 Å². The van der Waals surface area contributed by atoms with E-state index in [1.165, 1.54) is 0 Å². The Kier molecular flexibility index (Phi) is 5.73. The van der Waals surface area contributed by atoms with Crippen LogP contribution < -0.4 is 10.1 Å². The number of oxazole rings is 1. The Bertz CT molecular complexity index is 835. The van der Waals surface area contributed by atoms with Gasteiger partial charge in [0.15, 0.2) is 0 Å². The minimum atomic E-state index is -0.00192. The quantitative estimate of drug-likeness (QED) is 0.664. The van der Waals surface area contributed by atoms with Crippen molar-refractivity contribution in [3.63, 3.8) is 0 Å². The van der Waals surface area contributed by atoms with E-state index in [1.54, 1.807) is 19.4 Å². The molecule has 0 atom stereocenters. The third-order valence-electron chi connectivity index (χ3n) is 4.09. The molecule has 2 aromatic heterocycles. The lowest BCUT2D eigenvalue weighted by molar-refractivity contribution is -0.121. The van der Waals surface area contributed by atoms with E-state index in [2.05, 4.69) is 10.3 Å². The molecule has 0 saturated carbocycles. The first-order valence-electron chi connectivity index (χ1n) is 8.55. The zero-order chi connectivity index (χ0) is 18.4. The lowest BCUT2D eigenvalue weighted by atomic mass is 10.1. The molecular weight excluding hydrogens is 332 g/mol. The number of furan rings is 1. The highest BCUT2D eigenvalue weighted by Gasteiger charge is 2.12. The van der Waals surface area contributed by atoms with Crippen LogP contribution in [0, 0.1) is 6.92 Å². The second-order valence-electron chi connectivity index (χ2n) is 5.96. The number of nitrogens with one attached hydrogen (secondary N) is 1. The highest BCUT2D eigenvalue weighted by atomic mass is 16.5. The summed E-state index contributed by atoms with van der Waals surface area (Å²) in [5, 5.41) is 2.84. The van der Waals surface area contributed by atoms with Gasteiger partial charge in [-0.1, -0.05) is 0 Å². The van der Waals surface area contributed by atoms with Crippen molar-refractivity contribution in [2.24, 2.45) is 0 Å². The summed E-state index contributed by atoms with van der Waals surface area (Å²) in [7, 11) is 1.63. The second-order valence-corrected chi connectivity index (χ2v) is 5.96. The molecule has 1 N–H and O–H groups in total. The van der Waals surface area contributed by atoms with Crippen molar-refractivity contribution < 1.29 is 18.4 Å². The molecule has 136 valence electrons. The summed E-state index contributed by atoms with van der Waals surface area (Å²) in [6.07, 6.45) is 3.43. The molecule has 0 aliphatic carbocycles. The number of ether oxygens (including phenoxy) is 1. The number of aryl methyl sites for hydroxylation is 2. The van der Waals surface area contributed by atoms with Gasteiger partial charge in [0.25, 0.3) is 0 Å². The van der Waals surface area contributed by atoms with Crippen molar-refractivity contribution in [1.82, 2.24) is 10.3 Å². The van der Waals surface area contributed by atoms with Gasteiger partial charge in [-0.05, 0) is 56.2 Å². The number of amides is 1. The van der Waals surface area contributed by atoms with Crippen LogP contribution in [-0.4, -0.2) is 18.0 Å². The Balaban J connectivity index is 1.50. The van der Waals surface area contributed by atoms with Crippen LogP contribution in [-0.2, 0) is 17.8 Å². The van der Waals surface area contributed by atoms with Gasteiger partial charge in [0.1, 0.15) is 17.3 Å². The third-order valence-corrected chi connectivity index (χ3v) is 4.09. The number of hydrogen-bond acceptors (Lipinski definition) is 5. The van der Waals surface area contributed by atoms with Crippen LogP contribution in [0.5, 0.6) is 5.75 Å². The molecule has 0 fully saturated rings. The molecular formula is C20H22N2O4. The van der Waals surface area contributed by atoms with E-state index in [1.807, 2.05) is 37.3 Å². The van der Waals surface area contributed by atoms with E-state index < -0.39 is 0 Å². The fraction of sp³-hybridized carbons (Fsp3) is 0.300. The molecule has 0 spiro atoms. The van der Waals surface area contributed by atoms with Crippen molar-refractivity contribution in [1.29, 1.82) is 0 Å². The Morgan fingerprint density at radius 1 is 1.23 bits per heavy atom. The van der Waals surface area contributed by atoms with Gasteiger partial charge in [0.2, 0.25) is 11.8 Å². The number of methoxy groups -OCH3 is 1. The van der Waals surface area contributed by atoms with Crippen molar-refractivity contribution in [3.8, 4) is 17.2 Å². The minimum absolute atomic E-state index is 0.00192. The van der Waals surface area contributed by atoms with E-state index in [0.29, 0.717) is 31.7 Å². The van der Waals surface area contributed by atoms with Crippen LogP contribution in [0.15, 0.2) is 51.5 Å². The van der Waals surface area contributed by atoms with Crippen LogP contribution in [0.2, 0.25) is 0 Å². The first-order chi connectivity index (χ1) is 12.7. The fourth-order valence-corrected chi connectivity index (χ4v) is 2.62. The topological polar surface area (TPSA) is 77.5 Å². The molecule has 1 aromatic carbocycles. The van der Waals surface area contributed by atoms with Crippen LogP contribution in [0.3, 0.4) is 0 Å². The number of hydrogen-bond donors (Lipinski definition) is 1. The molecule has 0 radical (unpaired) electrons. The van der Waals surface area contributed by atoms with Crippen molar-refractivity contribution >= 4 is 5.91 Å². The van der Waals surface area contributed by atoms with Gasteiger partial charge in [0.05, 0.1) is 25.6 Å². The number of carbonyl (C=O) groups is 1. The number of aromatic nitrogens is 1. The largest absolute Gasteiger partial charge is 0.497 e. The Hall–Kier alpha value is -3.02. The fourth-order valence-electron chi connectivity index (χ4n) is 2.62. The van der Waals surface area contributed by atoms with E-state index in [-0.39, 0.29) is 5.91 Å². The van der Waals surface area contributed by atoms with Gasteiger partial charge in [-0.3, -0.25) is 4.79 Å². The molecule has 6 nitrogen and oxygen atoms in total. The van der Waals surface area contributed by atoms with Crippen molar-refractivity contribution in [2.75, 3.05) is 7.11 Å². The summed E-state index contributed by atoms with van der Waals surface area (Å²) in [5.74, 6) is 2.90. The Morgan fingerprint density at radius 3 is 2.73 bits per heavy atom. The number of carbonyl (C=O) groups excluding carboxylic acids is 1. The number of nitrogens with zero attached hydrogens (tertiary/aromatic N) is 1. The smallest absolute Gasteiger partial charge is 0.226 e. The summed E-state index contributed by atoms with van der Waals surface area (Å²) in [4.78, 5) is 16.5. The average molecular weight is 354 g/mol. The predicted octanol–water partition coefficient (Wildman–Crippen LogP) is 3.89. The monoisotopic (exact) mass is 354 g/mol. The normalized spacial score (nSPS) is 10.7. The Labute approximate surface area is 152 Å². The average Bonchev–Trinajstić information content (AvgIpc) is 3.30. The predicted molar refractivity (Wildman–Crippen MR) is 96.7 cm³/mol. The standard InChI is InChI=1S/C20H22N2O4/c1-14-18(6-3-7-19(23)21-13-17-5-4-12-25-17)22-20(26-14)15-8-10-16(24-2)11-9-15/h4-5,8-12H,3,6-7,13H2,1-2H3,(H,21,23). The molecule has 1 amide bonds. The third kappa shape index (κ3) is 4.53. The number of benzene rings is 1. The molecule has 0 aliphatic rings. The second kappa shape index (κ2) is 8.38. The van der Waals surface area contributed by atoms with Gasteiger partial charge >= 0.3 is 0 Å². The minimum Gasteiger partial charge on any atom is -0.497 e. The van der Waals surface area contributed by atoms with Gasteiger partial charge in [-0.15, -0.1) is 0 Å². The summed E-state index contributed by atoms with van der Waals surface area (Å²) in [6, 6.07) is 11.2. The first-order valence-corrected chi connectivity index (χ1v) is 8.55. The zero-order valence-corrected chi connectivity index (χ0v) is 15.0. The van der Waals surface area contributed by atoms with Crippen LogP contribution in [0.4, 0.5) is 0 Å².